The topological polar surface area (TPSA) is 6.48 Å². The third kappa shape index (κ3) is 18.7. The fourth-order valence-electron chi connectivity index (χ4n) is 0.815. The van der Waals surface area contributed by atoms with Crippen LogP contribution in [0.3, 0.4) is 0 Å². The van der Waals surface area contributed by atoms with Crippen LogP contribution in [0.25, 0.3) is 0 Å². The molecule has 0 N–H and O–H groups in total. The molecule has 2 nitrogen and oxygen atoms in total. The molecule has 0 atom stereocenters. The van der Waals surface area contributed by atoms with Crippen molar-refractivity contribution in [1.29, 1.82) is 0 Å². The highest BCUT2D eigenvalue weighted by atomic mass is 15.1. The molecule has 0 radical (unpaired) electrons. The molecule has 0 heterocycles. The van der Waals surface area contributed by atoms with Gasteiger partial charge in [-0.3, -0.25) is 0 Å². The summed E-state index contributed by atoms with van der Waals surface area (Å²) in [5.74, 6) is 0. The Morgan fingerprint density at radius 1 is 0.846 bits per heavy atom. The van der Waals surface area contributed by atoms with Crippen LogP contribution >= 0.6 is 0 Å². The Bertz CT molecular complexity index is 82.2. The van der Waals surface area contributed by atoms with Gasteiger partial charge in [0.05, 0.1) is 0 Å². The molecule has 0 rings (SSSR count). The van der Waals surface area contributed by atoms with Crippen molar-refractivity contribution >= 4 is 0 Å². The third-order valence-corrected chi connectivity index (χ3v) is 1.68. The lowest BCUT2D eigenvalue weighted by molar-refractivity contribution is 0.312. The number of hydrogen-bond acceptors (Lipinski definition) is 2. The van der Waals surface area contributed by atoms with Gasteiger partial charge in [-0.1, -0.05) is 27.2 Å². The minimum absolute atomic E-state index is 1.16. The van der Waals surface area contributed by atoms with Crippen molar-refractivity contribution in [2.24, 2.45) is 0 Å². The van der Waals surface area contributed by atoms with Crippen LogP contribution in [0.1, 0.15) is 33.6 Å². The molecule has 0 saturated heterocycles. The average molecular weight is 188 g/mol. The molecule has 13 heavy (non-hydrogen) atoms. The fourth-order valence-corrected chi connectivity index (χ4v) is 0.815. The van der Waals surface area contributed by atoms with Gasteiger partial charge in [0.2, 0.25) is 0 Å². The predicted octanol–water partition coefficient (Wildman–Crippen LogP) is 2.31. The maximum absolute atomic E-state index is 2.34. The second kappa shape index (κ2) is 11.9. The highest BCUT2D eigenvalue weighted by Crippen LogP contribution is 1.87. The minimum atomic E-state index is 1.16. The van der Waals surface area contributed by atoms with Crippen LogP contribution in [0.2, 0.25) is 0 Å². The van der Waals surface area contributed by atoms with Gasteiger partial charge in [-0.25, -0.2) is 0 Å². The van der Waals surface area contributed by atoms with E-state index in [0.29, 0.717) is 0 Å². The summed E-state index contributed by atoms with van der Waals surface area (Å²) in [6.07, 6.45) is 2.53. The molecule has 82 valence electrons. The van der Waals surface area contributed by atoms with E-state index in [1.807, 2.05) is 0 Å². The average Bonchev–Trinajstić information content (AvgIpc) is 2.05. The summed E-state index contributed by atoms with van der Waals surface area (Å²) in [6, 6.07) is 0. The van der Waals surface area contributed by atoms with Crippen molar-refractivity contribution in [1.82, 2.24) is 9.80 Å². The van der Waals surface area contributed by atoms with Crippen LogP contribution in [0.5, 0.6) is 0 Å². The molecule has 0 spiro atoms. The molecule has 0 amide bonds. The zero-order chi connectivity index (χ0) is 10.7. The third-order valence-electron chi connectivity index (χ3n) is 1.68. The fraction of sp³-hybridized carbons (Fsp3) is 1.00. The van der Waals surface area contributed by atoms with Crippen molar-refractivity contribution in [3.05, 3.63) is 0 Å². The summed E-state index contributed by atoms with van der Waals surface area (Å²) < 4.78 is 0. The first-order valence-corrected chi connectivity index (χ1v) is 5.41. The Morgan fingerprint density at radius 3 is 1.62 bits per heavy atom. The Morgan fingerprint density at radius 2 is 1.31 bits per heavy atom. The van der Waals surface area contributed by atoms with E-state index in [0.717, 1.165) is 6.54 Å². The first kappa shape index (κ1) is 15.4. The lowest BCUT2D eigenvalue weighted by Crippen LogP contribution is -2.23. The van der Waals surface area contributed by atoms with Gasteiger partial charge >= 0.3 is 0 Å². The standard InChI is InChI=1S/C8H20N2.C3H8/c1-5-10(4)8-6-7-9(2)3;1-3-2/h5-8H2,1-4H3;3H2,1-2H3. The summed E-state index contributed by atoms with van der Waals surface area (Å²) in [6.45, 7) is 10.0. The Kier molecular flexibility index (Phi) is 14.1. The van der Waals surface area contributed by atoms with Crippen LogP contribution < -0.4 is 0 Å². The van der Waals surface area contributed by atoms with Gasteiger partial charge in [-0.2, -0.15) is 0 Å². The van der Waals surface area contributed by atoms with Crippen LogP contribution in [0.4, 0.5) is 0 Å². The normalized spacial score (nSPS) is 10.2. The molecule has 0 unspecified atom stereocenters. The quantitative estimate of drug-likeness (QED) is 0.653. The van der Waals surface area contributed by atoms with E-state index in [9.17, 15) is 0 Å². The number of nitrogens with zero attached hydrogens (tertiary/aromatic N) is 2. The van der Waals surface area contributed by atoms with Gasteiger partial charge in [0, 0.05) is 0 Å². The summed E-state index contributed by atoms with van der Waals surface area (Å²) in [5.41, 5.74) is 0. The van der Waals surface area contributed by atoms with Crippen molar-refractivity contribution in [3.8, 4) is 0 Å². The van der Waals surface area contributed by atoms with E-state index in [4.69, 9.17) is 0 Å². The van der Waals surface area contributed by atoms with Crippen molar-refractivity contribution in [2.75, 3.05) is 40.8 Å². The van der Waals surface area contributed by atoms with Gasteiger partial charge in [-0.05, 0) is 47.2 Å². The van der Waals surface area contributed by atoms with Crippen molar-refractivity contribution in [2.45, 2.75) is 33.6 Å². The first-order valence-electron chi connectivity index (χ1n) is 5.41. The second-order valence-corrected chi connectivity index (χ2v) is 3.76. The van der Waals surface area contributed by atoms with Crippen LogP contribution in [0, 0.1) is 0 Å². The maximum atomic E-state index is 2.34. The lowest BCUT2D eigenvalue weighted by atomic mass is 10.4. The largest absolute Gasteiger partial charge is 0.309 e. The molecule has 0 aliphatic heterocycles. The summed E-state index contributed by atoms with van der Waals surface area (Å²) in [5, 5.41) is 0. The molecule has 0 saturated carbocycles. The zero-order valence-electron chi connectivity index (χ0n) is 10.4. The molecule has 2 heteroatoms. The molecule has 0 aliphatic carbocycles. The van der Waals surface area contributed by atoms with Gasteiger partial charge in [0.15, 0.2) is 0 Å². The van der Waals surface area contributed by atoms with E-state index in [2.05, 4.69) is 51.7 Å². The van der Waals surface area contributed by atoms with Gasteiger partial charge in [0.25, 0.3) is 0 Å². The highest BCUT2D eigenvalue weighted by Gasteiger charge is 1.94. The molecule has 0 fully saturated rings. The molecular weight excluding hydrogens is 160 g/mol. The van der Waals surface area contributed by atoms with Crippen LogP contribution in [-0.2, 0) is 0 Å². The summed E-state index contributed by atoms with van der Waals surface area (Å²) in [4.78, 5) is 4.56. The molecular formula is C11H28N2. The Balaban J connectivity index is 0. The van der Waals surface area contributed by atoms with Crippen LogP contribution in [0.15, 0.2) is 0 Å². The van der Waals surface area contributed by atoms with E-state index in [1.54, 1.807) is 0 Å². The zero-order valence-corrected chi connectivity index (χ0v) is 10.4. The highest BCUT2D eigenvalue weighted by molar-refractivity contribution is 4.50. The summed E-state index contributed by atoms with van der Waals surface area (Å²) in [7, 11) is 6.40. The van der Waals surface area contributed by atoms with Crippen molar-refractivity contribution in [3.63, 3.8) is 0 Å². The van der Waals surface area contributed by atoms with Gasteiger partial charge in [-0.15, -0.1) is 0 Å². The Hall–Kier alpha value is -0.0800. The molecule has 0 aromatic carbocycles. The second-order valence-electron chi connectivity index (χ2n) is 3.76. The van der Waals surface area contributed by atoms with Gasteiger partial charge < -0.3 is 9.80 Å². The van der Waals surface area contributed by atoms with Crippen molar-refractivity contribution < 1.29 is 0 Å². The first-order chi connectivity index (χ1) is 6.08. The number of rotatable bonds is 5. The lowest BCUT2D eigenvalue weighted by Gasteiger charge is -2.15. The summed E-state index contributed by atoms with van der Waals surface area (Å²) >= 11 is 0. The van der Waals surface area contributed by atoms with Crippen LogP contribution in [-0.4, -0.2) is 50.6 Å². The SMILES string of the molecule is CCC.CCN(C)CCCN(C)C. The maximum Gasteiger partial charge on any atom is -0.000972 e. The van der Waals surface area contributed by atoms with E-state index in [-0.39, 0.29) is 0 Å². The van der Waals surface area contributed by atoms with E-state index in [1.165, 1.54) is 25.9 Å². The Labute approximate surface area is 84.9 Å². The number of hydrogen-bond donors (Lipinski definition) is 0. The molecule has 0 aromatic rings. The monoisotopic (exact) mass is 188 g/mol. The van der Waals surface area contributed by atoms with E-state index < -0.39 is 0 Å². The minimum Gasteiger partial charge on any atom is -0.309 e. The molecule has 0 aromatic heterocycles. The van der Waals surface area contributed by atoms with Gasteiger partial charge in [0.1, 0.15) is 0 Å². The molecule has 0 bridgehead atoms. The van der Waals surface area contributed by atoms with E-state index >= 15 is 0 Å². The smallest absolute Gasteiger partial charge is 0.000972 e. The predicted molar refractivity (Wildman–Crippen MR) is 62.3 cm³/mol. The molecule has 0 aliphatic rings.